The number of nitrogens with zero attached hydrogens (tertiary/aromatic N) is 1. The molecule has 0 unspecified atom stereocenters. The molecule has 0 radical (unpaired) electrons. The minimum atomic E-state index is -5.06. The van der Waals surface area contributed by atoms with Gasteiger partial charge in [-0.2, -0.15) is 13.2 Å². The lowest BCUT2D eigenvalue weighted by Crippen LogP contribution is -2.12. The zero-order valence-corrected chi connectivity index (χ0v) is 7.50. The summed E-state index contributed by atoms with van der Waals surface area (Å²) >= 11 is 5.00. The van der Waals surface area contributed by atoms with Crippen LogP contribution in [0.2, 0.25) is 5.02 Å². The highest BCUT2D eigenvalue weighted by atomic mass is 35.5. The van der Waals surface area contributed by atoms with E-state index in [9.17, 15) is 26.3 Å². The molecule has 0 aliphatic carbocycles. The van der Waals surface area contributed by atoms with Gasteiger partial charge in [0, 0.05) is 6.20 Å². The summed E-state index contributed by atoms with van der Waals surface area (Å²) < 4.78 is 73.0. The minimum Gasteiger partial charge on any atom is -0.248 e. The summed E-state index contributed by atoms with van der Waals surface area (Å²) in [5, 5.41) is -1.26. The fraction of sp³-hybridized carbons (Fsp3) is 0.286. The molecule has 0 atom stereocenters. The standard InChI is InChI=1S/C7H2ClF6N/c8-3-2(6(10)11)1-15-5(4(3)9)7(12,13)14/h1,6H. The Morgan fingerprint density at radius 1 is 1.27 bits per heavy atom. The number of hydrogen-bond acceptors (Lipinski definition) is 1. The molecule has 1 rings (SSSR count). The van der Waals surface area contributed by atoms with Crippen LogP contribution in [-0.4, -0.2) is 4.98 Å². The first-order valence-electron chi connectivity index (χ1n) is 3.44. The normalized spacial score (nSPS) is 12.3. The zero-order chi connectivity index (χ0) is 11.8. The van der Waals surface area contributed by atoms with E-state index in [1.807, 2.05) is 0 Å². The zero-order valence-electron chi connectivity index (χ0n) is 6.75. The lowest BCUT2D eigenvalue weighted by Gasteiger charge is -2.09. The fourth-order valence-electron chi connectivity index (χ4n) is 0.828. The second kappa shape index (κ2) is 3.88. The first-order chi connectivity index (χ1) is 6.75. The smallest absolute Gasteiger partial charge is 0.248 e. The van der Waals surface area contributed by atoms with Gasteiger partial charge in [0.05, 0.1) is 10.6 Å². The summed E-state index contributed by atoms with van der Waals surface area (Å²) in [7, 11) is 0. The number of halogens is 7. The molecule has 0 N–H and O–H groups in total. The summed E-state index contributed by atoms with van der Waals surface area (Å²) in [4.78, 5) is 2.57. The van der Waals surface area contributed by atoms with Gasteiger partial charge in [0.15, 0.2) is 11.5 Å². The predicted molar refractivity (Wildman–Crippen MR) is 39.2 cm³/mol. The molecule has 1 aromatic rings. The molecule has 0 spiro atoms. The quantitative estimate of drug-likeness (QED) is 0.689. The van der Waals surface area contributed by atoms with Crippen molar-refractivity contribution in [1.29, 1.82) is 0 Å². The maximum Gasteiger partial charge on any atom is 0.436 e. The van der Waals surface area contributed by atoms with Gasteiger partial charge in [0.1, 0.15) is 0 Å². The third-order valence-corrected chi connectivity index (χ3v) is 1.87. The monoisotopic (exact) mass is 249 g/mol. The molecule has 0 fully saturated rings. The molecule has 8 heteroatoms. The van der Waals surface area contributed by atoms with Crippen molar-refractivity contribution in [3.05, 3.63) is 28.3 Å². The van der Waals surface area contributed by atoms with Crippen LogP contribution < -0.4 is 0 Å². The van der Waals surface area contributed by atoms with Gasteiger partial charge < -0.3 is 0 Å². The van der Waals surface area contributed by atoms with E-state index in [0.29, 0.717) is 0 Å². The van der Waals surface area contributed by atoms with E-state index in [2.05, 4.69) is 4.98 Å². The first kappa shape index (κ1) is 12.1. The van der Waals surface area contributed by atoms with Crippen molar-refractivity contribution >= 4 is 11.6 Å². The van der Waals surface area contributed by atoms with Crippen LogP contribution in [-0.2, 0) is 6.18 Å². The second-order valence-electron chi connectivity index (χ2n) is 2.49. The lowest BCUT2D eigenvalue weighted by atomic mass is 10.2. The van der Waals surface area contributed by atoms with Crippen LogP contribution in [0.4, 0.5) is 26.3 Å². The molecule has 1 heterocycles. The van der Waals surface area contributed by atoms with Crippen molar-refractivity contribution in [2.45, 2.75) is 12.6 Å². The number of hydrogen-bond donors (Lipinski definition) is 0. The van der Waals surface area contributed by atoms with Gasteiger partial charge >= 0.3 is 6.18 Å². The van der Waals surface area contributed by atoms with E-state index in [4.69, 9.17) is 11.6 Å². The number of aromatic nitrogens is 1. The molecule has 0 amide bonds. The van der Waals surface area contributed by atoms with Gasteiger partial charge in [-0.05, 0) is 0 Å². The summed E-state index contributed by atoms with van der Waals surface area (Å²) in [6.07, 6.45) is -8.03. The fourth-order valence-corrected chi connectivity index (χ4v) is 1.05. The number of rotatable bonds is 1. The molecule has 0 saturated heterocycles. The van der Waals surface area contributed by atoms with Crippen molar-refractivity contribution < 1.29 is 26.3 Å². The van der Waals surface area contributed by atoms with Crippen molar-refractivity contribution in [1.82, 2.24) is 4.98 Å². The van der Waals surface area contributed by atoms with Gasteiger partial charge in [-0.15, -0.1) is 0 Å². The third-order valence-electron chi connectivity index (χ3n) is 1.49. The highest BCUT2D eigenvalue weighted by molar-refractivity contribution is 6.31. The van der Waals surface area contributed by atoms with Crippen LogP contribution in [0, 0.1) is 5.82 Å². The van der Waals surface area contributed by atoms with E-state index in [-0.39, 0.29) is 6.20 Å². The van der Waals surface area contributed by atoms with Crippen LogP contribution >= 0.6 is 11.6 Å². The van der Waals surface area contributed by atoms with Gasteiger partial charge in [-0.1, -0.05) is 11.6 Å². The van der Waals surface area contributed by atoms with Gasteiger partial charge in [0.2, 0.25) is 0 Å². The molecule has 15 heavy (non-hydrogen) atoms. The van der Waals surface area contributed by atoms with Crippen LogP contribution in [0.25, 0.3) is 0 Å². The van der Waals surface area contributed by atoms with Crippen molar-refractivity contribution in [3.8, 4) is 0 Å². The number of pyridine rings is 1. The van der Waals surface area contributed by atoms with E-state index >= 15 is 0 Å². The molecule has 84 valence electrons. The SMILES string of the molecule is Fc1c(C(F)(F)F)ncc(C(F)F)c1Cl. The molecular weight excluding hydrogens is 248 g/mol. The van der Waals surface area contributed by atoms with Gasteiger partial charge in [-0.25, -0.2) is 18.2 Å². The summed E-state index contributed by atoms with van der Waals surface area (Å²) in [6.45, 7) is 0. The van der Waals surface area contributed by atoms with Gasteiger partial charge in [-0.3, -0.25) is 0 Å². The Bertz CT molecular complexity index is 374. The van der Waals surface area contributed by atoms with Crippen LogP contribution in [0.1, 0.15) is 17.7 Å². The molecule has 1 aromatic heterocycles. The lowest BCUT2D eigenvalue weighted by molar-refractivity contribution is -0.143. The summed E-state index contributed by atoms with van der Waals surface area (Å²) in [6, 6.07) is 0. The molecule has 0 aliphatic rings. The van der Waals surface area contributed by atoms with Crippen molar-refractivity contribution in [3.63, 3.8) is 0 Å². The van der Waals surface area contributed by atoms with Crippen molar-refractivity contribution in [2.24, 2.45) is 0 Å². The molecule has 0 bridgehead atoms. The summed E-state index contributed by atoms with van der Waals surface area (Å²) in [5.41, 5.74) is -2.97. The summed E-state index contributed by atoms with van der Waals surface area (Å²) in [5.74, 6) is -1.98. The Balaban J connectivity index is 3.34. The van der Waals surface area contributed by atoms with E-state index in [0.717, 1.165) is 0 Å². The Morgan fingerprint density at radius 2 is 1.80 bits per heavy atom. The maximum absolute atomic E-state index is 12.9. The third kappa shape index (κ3) is 2.34. The second-order valence-corrected chi connectivity index (χ2v) is 2.87. The predicted octanol–water partition coefficient (Wildman–Crippen LogP) is 3.83. The number of alkyl halides is 5. The highest BCUT2D eigenvalue weighted by Gasteiger charge is 2.38. The average molecular weight is 250 g/mol. The molecule has 0 saturated carbocycles. The van der Waals surface area contributed by atoms with Crippen molar-refractivity contribution in [2.75, 3.05) is 0 Å². The van der Waals surface area contributed by atoms with E-state index in [1.165, 1.54) is 0 Å². The van der Waals surface area contributed by atoms with Gasteiger partial charge in [0.25, 0.3) is 6.43 Å². The molecule has 1 nitrogen and oxygen atoms in total. The van der Waals surface area contributed by atoms with Crippen LogP contribution in [0.3, 0.4) is 0 Å². The Labute approximate surface area is 84.7 Å². The average Bonchev–Trinajstić information content (AvgIpc) is 2.06. The molecular formula is C7H2ClF6N. The Kier molecular flexibility index (Phi) is 3.13. The molecule has 0 aliphatic heterocycles. The van der Waals surface area contributed by atoms with E-state index < -0.39 is 34.7 Å². The topological polar surface area (TPSA) is 12.9 Å². The van der Waals surface area contributed by atoms with Crippen LogP contribution in [0.5, 0.6) is 0 Å². The first-order valence-corrected chi connectivity index (χ1v) is 3.82. The van der Waals surface area contributed by atoms with Crippen LogP contribution in [0.15, 0.2) is 6.20 Å². The largest absolute Gasteiger partial charge is 0.436 e. The molecule has 0 aromatic carbocycles. The maximum atomic E-state index is 12.9. The Morgan fingerprint density at radius 3 is 2.20 bits per heavy atom. The minimum absolute atomic E-state index is 0.207. The Hall–Kier alpha value is -0.980. The van der Waals surface area contributed by atoms with E-state index in [1.54, 1.807) is 0 Å². The highest BCUT2D eigenvalue weighted by Crippen LogP contribution is 2.36.